The third-order valence-corrected chi connectivity index (χ3v) is 3.63. The molecule has 2 aromatic rings. The first-order valence-electron chi connectivity index (χ1n) is 6.41. The second-order valence-corrected chi connectivity index (χ2v) is 4.87. The van der Waals surface area contributed by atoms with Crippen LogP contribution >= 0.6 is 0 Å². The lowest BCUT2D eigenvalue weighted by molar-refractivity contribution is -0.143. The molecule has 1 aliphatic rings. The Morgan fingerprint density at radius 1 is 1.37 bits per heavy atom. The standard InChI is InChI=1S/C13H15N3O3/c17-13(18)8-1-3-9(4-2-8)19-11-5-6-14-12-10(11)7-15-16-12/h5-9H,1-4H2,(H,17,18)(H,14,15,16). The fourth-order valence-corrected chi connectivity index (χ4v) is 2.54. The molecule has 2 aromatic heterocycles. The Kier molecular flexibility index (Phi) is 3.06. The van der Waals surface area contributed by atoms with Crippen LogP contribution in [0.25, 0.3) is 11.0 Å². The van der Waals surface area contributed by atoms with Crippen molar-refractivity contribution in [2.24, 2.45) is 5.92 Å². The lowest BCUT2D eigenvalue weighted by Gasteiger charge is -2.26. The highest BCUT2D eigenvalue weighted by Crippen LogP contribution is 2.30. The van der Waals surface area contributed by atoms with Crippen LogP contribution in [0.1, 0.15) is 25.7 Å². The minimum atomic E-state index is -0.695. The van der Waals surface area contributed by atoms with Gasteiger partial charge in [-0.2, -0.15) is 5.10 Å². The first-order chi connectivity index (χ1) is 9.24. The highest BCUT2D eigenvalue weighted by Gasteiger charge is 2.27. The predicted octanol–water partition coefficient (Wildman–Crippen LogP) is 1.98. The summed E-state index contributed by atoms with van der Waals surface area (Å²) in [6.07, 6.45) is 6.37. The number of hydrogen-bond acceptors (Lipinski definition) is 4. The van der Waals surface area contributed by atoms with Crippen LogP contribution in [0.2, 0.25) is 0 Å². The lowest BCUT2D eigenvalue weighted by Crippen LogP contribution is -2.27. The van der Waals surface area contributed by atoms with Gasteiger partial charge < -0.3 is 9.84 Å². The van der Waals surface area contributed by atoms with Crippen molar-refractivity contribution < 1.29 is 14.6 Å². The number of carboxylic acid groups (broad SMARTS) is 1. The summed E-state index contributed by atoms with van der Waals surface area (Å²) < 4.78 is 5.96. The molecular weight excluding hydrogens is 246 g/mol. The molecule has 1 fully saturated rings. The predicted molar refractivity (Wildman–Crippen MR) is 67.9 cm³/mol. The second-order valence-electron chi connectivity index (χ2n) is 4.87. The van der Waals surface area contributed by atoms with E-state index in [0.29, 0.717) is 18.5 Å². The molecule has 0 spiro atoms. The molecule has 2 heterocycles. The maximum atomic E-state index is 10.9. The topological polar surface area (TPSA) is 88.1 Å². The van der Waals surface area contributed by atoms with Crippen LogP contribution in [0.15, 0.2) is 18.5 Å². The van der Waals surface area contributed by atoms with E-state index in [1.807, 2.05) is 6.07 Å². The number of nitrogens with zero attached hydrogens (tertiary/aromatic N) is 2. The number of pyridine rings is 1. The molecule has 0 bridgehead atoms. The van der Waals surface area contributed by atoms with E-state index in [-0.39, 0.29) is 12.0 Å². The van der Waals surface area contributed by atoms with E-state index in [1.54, 1.807) is 12.4 Å². The Morgan fingerprint density at radius 3 is 2.89 bits per heavy atom. The van der Waals surface area contributed by atoms with Crippen molar-refractivity contribution in [3.05, 3.63) is 18.5 Å². The van der Waals surface area contributed by atoms with Gasteiger partial charge in [0.15, 0.2) is 5.65 Å². The van der Waals surface area contributed by atoms with E-state index in [0.717, 1.165) is 24.0 Å². The average molecular weight is 261 g/mol. The van der Waals surface area contributed by atoms with Crippen molar-refractivity contribution in [2.75, 3.05) is 0 Å². The first kappa shape index (κ1) is 12.0. The Balaban J connectivity index is 1.69. The summed E-state index contributed by atoms with van der Waals surface area (Å²) in [6, 6.07) is 1.82. The molecule has 0 radical (unpaired) electrons. The molecule has 0 amide bonds. The van der Waals surface area contributed by atoms with Gasteiger partial charge in [-0.25, -0.2) is 4.98 Å². The molecule has 100 valence electrons. The first-order valence-corrected chi connectivity index (χ1v) is 6.41. The summed E-state index contributed by atoms with van der Waals surface area (Å²) in [7, 11) is 0. The summed E-state index contributed by atoms with van der Waals surface area (Å²) in [5.41, 5.74) is 0.705. The normalized spacial score (nSPS) is 23.4. The Labute approximate surface area is 109 Å². The Morgan fingerprint density at radius 2 is 2.16 bits per heavy atom. The van der Waals surface area contributed by atoms with E-state index >= 15 is 0 Å². The highest BCUT2D eigenvalue weighted by molar-refractivity contribution is 5.80. The van der Waals surface area contributed by atoms with Gasteiger partial charge in [0.2, 0.25) is 0 Å². The van der Waals surface area contributed by atoms with Crippen molar-refractivity contribution in [3.63, 3.8) is 0 Å². The van der Waals surface area contributed by atoms with E-state index in [9.17, 15) is 4.79 Å². The van der Waals surface area contributed by atoms with Crippen LogP contribution in [0, 0.1) is 5.92 Å². The van der Waals surface area contributed by atoms with Gasteiger partial charge in [0.05, 0.1) is 23.6 Å². The molecule has 2 N–H and O–H groups in total. The van der Waals surface area contributed by atoms with Gasteiger partial charge in [0.1, 0.15) is 5.75 Å². The minimum absolute atomic E-state index is 0.0797. The van der Waals surface area contributed by atoms with Gasteiger partial charge >= 0.3 is 5.97 Å². The Bertz CT molecular complexity index is 588. The molecule has 3 rings (SSSR count). The molecule has 6 nitrogen and oxygen atoms in total. The number of fused-ring (bicyclic) bond motifs is 1. The van der Waals surface area contributed by atoms with Gasteiger partial charge in [0, 0.05) is 6.20 Å². The number of hydrogen-bond donors (Lipinski definition) is 2. The average Bonchev–Trinajstić information content (AvgIpc) is 2.89. The van der Waals surface area contributed by atoms with Crippen LogP contribution in [0.3, 0.4) is 0 Å². The Hall–Kier alpha value is -2.11. The number of ether oxygens (including phenoxy) is 1. The third-order valence-electron chi connectivity index (χ3n) is 3.63. The minimum Gasteiger partial charge on any atom is -0.490 e. The largest absolute Gasteiger partial charge is 0.490 e. The maximum Gasteiger partial charge on any atom is 0.306 e. The number of nitrogens with one attached hydrogen (secondary N) is 1. The summed E-state index contributed by atoms with van der Waals surface area (Å²) in [5.74, 6) is -0.150. The molecule has 1 aliphatic carbocycles. The van der Waals surface area contributed by atoms with Gasteiger partial charge in [0.25, 0.3) is 0 Å². The van der Waals surface area contributed by atoms with Crippen molar-refractivity contribution in [1.82, 2.24) is 15.2 Å². The number of carbonyl (C=O) groups is 1. The number of aromatic amines is 1. The third kappa shape index (κ3) is 2.38. The zero-order valence-corrected chi connectivity index (χ0v) is 10.4. The molecule has 6 heteroatoms. The summed E-state index contributed by atoms with van der Waals surface area (Å²) in [6.45, 7) is 0. The van der Waals surface area contributed by atoms with E-state index in [2.05, 4.69) is 15.2 Å². The molecule has 19 heavy (non-hydrogen) atoms. The van der Waals surface area contributed by atoms with Crippen molar-refractivity contribution in [2.45, 2.75) is 31.8 Å². The molecule has 0 aromatic carbocycles. The summed E-state index contributed by atoms with van der Waals surface area (Å²) in [5, 5.41) is 16.6. The molecule has 1 saturated carbocycles. The molecule has 0 aliphatic heterocycles. The summed E-state index contributed by atoms with van der Waals surface area (Å²) in [4.78, 5) is 15.1. The molecule has 0 atom stereocenters. The van der Waals surface area contributed by atoms with Gasteiger partial charge in [-0.05, 0) is 31.7 Å². The zero-order chi connectivity index (χ0) is 13.2. The van der Waals surface area contributed by atoms with Crippen molar-refractivity contribution >= 4 is 17.0 Å². The fourth-order valence-electron chi connectivity index (χ4n) is 2.54. The van der Waals surface area contributed by atoms with E-state index < -0.39 is 5.97 Å². The summed E-state index contributed by atoms with van der Waals surface area (Å²) >= 11 is 0. The highest BCUT2D eigenvalue weighted by atomic mass is 16.5. The maximum absolute atomic E-state index is 10.9. The second kappa shape index (κ2) is 4.87. The fraction of sp³-hybridized carbons (Fsp3) is 0.462. The molecule has 0 saturated heterocycles. The van der Waals surface area contributed by atoms with Crippen LogP contribution in [-0.2, 0) is 4.79 Å². The van der Waals surface area contributed by atoms with Crippen molar-refractivity contribution in [1.29, 1.82) is 0 Å². The van der Waals surface area contributed by atoms with Crippen molar-refractivity contribution in [3.8, 4) is 5.75 Å². The van der Waals surface area contributed by atoms with Crippen LogP contribution in [0.5, 0.6) is 5.75 Å². The number of H-pyrrole nitrogens is 1. The van der Waals surface area contributed by atoms with Gasteiger partial charge in [-0.3, -0.25) is 9.89 Å². The van der Waals surface area contributed by atoms with E-state index in [4.69, 9.17) is 9.84 Å². The van der Waals surface area contributed by atoms with Crippen LogP contribution < -0.4 is 4.74 Å². The lowest BCUT2D eigenvalue weighted by atomic mass is 9.87. The zero-order valence-electron chi connectivity index (χ0n) is 10.4. The van der Waals surface area contributed by atoms with Gasteiger partial charge in [-0.1, -0.05) is 0 Å². The molecule has 0 unspecified atom stereocenters. The molecular formula is C13H15N3O3. The SMILES string of the molecule is O=C(O)C1CCC(Oc2ccnc3[nH]ncc23)CC1. The van der Waals surface area contributed by atoms with Crippen LogP contribution in [0.4, 0.5) is 0 Å². The monoisotopic (exact) mass is 261 g/mol. The number of aliphatic carboxylic acids is 1. The van der Waals surface area contributed by atoms with E-state index in [1.165, 1.54) is 0 Å². The smallest absolute Gasteiger partial charge is 0.306 e. The number of rotatable bonds is 3. The van der Waals surface area contributed by atoms with Crippen LogP contribution in [-0.4, -0.2) is 32.4 Å². The quantitative estimate of drug-likeness (QED) is 0.882. The number of aromatic nitrogens is 3. The van der Waals surface area contributed by atoms with Gasteiger partial charge in [-0.15, -0.1) is 0 Å². The number of carboxylic acids is 1.